The van der Waals surface area contributed by atoms with Crippen molar-refractivity contribution in [2.24, 2.45) is 16.5 Å². The highest BCUT2D eigenvalue weighted by Gasteiger charge is 2.15. The number of nitrogens with one attached hydrogen (secondary N) is 2. The van der Waals surface area contributed by atoms with E-state index in [4.69, 9.17) is 11.5 Å². The van der Waals surface area contributed by atoms with Gasteiger partial charge in [-0.2, -0.15) is 0 Å². The fourth-order valence-electron chi connectivity index (χ4n) is 1.45. The minimum absolute atomic E-state index is 0.0469. The first-order chi connectivity index (χ1) is 8.11. The monoisotopic (exact) mass is 243 g/mol. The topological polar surface area (TPSA) is 106 Å². The molecule has 0 spiro atoms. The van der Waals surface area contributed by atoms with Gasteiger partial charge < -0.3 is 22.1 Å². The van der Waals surface area contributed by atoms with Crippen molar-refractivity contribution in [1.82, 2.24) is 10.6 Å². The zero-order chi connectivity index (χ0) is 13.1. The summed E-state index contributed by atoms with van der Waals surface area (Å²) in [5.74, 6) is 0.145. The van der Waals surface area contributed by atoms with E-state index in [-0.39, 0.29) is 17.9 Å². The van der Waals surface area contributed by atoms with E-state index in [0.29, 0.717) is 13.1 Å². The number of carbonyl (C=O) groups is 1. The molecule has 6 nitrogen and oxygen atoms in total. The minimum Gasteiger partial charge on any atom is -0.370 e. The predicted octanol–water partition coefficient (Wildman–Crippen LogP) is -0.456. The van der Waals surface area contributed by atoms with Crippen LogP contribution in [0.2, 0.25) is 0 Å². The Morgan fingerprint density at radius 2 is 2.06 bits per heavy atom. The van der Waals surface area contributed by atoms with Crippen LogP contribution in [0.15, 0.2) is 4.99 Å². The van der Waals surface area contributed by atoms with Crippen molar-refractivity contribution in [3.8, 4) is 0 Å². The Hall–Kier alpha value is -1.30. The summed E-state index contributed by atoms with van der Waals surface area (Å²) in [6.45, 7) is 6.03. The Bertz CT molecular complexity index is 238. The molecule has 0 radical (unpaired) electrons. The van der Waals surface area contributed by atoms with Gasteiger partial charge in [0.1, 0.15) is 0 Å². The number of carbonyl (C=O) groups excluding carboxylic acids is 1. The van der Waals surface area contributed by atoms with E-state index in [1.165, 1.54) is 0 Å². The molecular weight excluding hydrogens is 218 g/mol. The van der Waals surface area contributed by atoms with Gasteiger partial charge in [-0.3, -0.25) is 9.79 Å². The van der Waals surface area contributed by atoms with Crippen LogP contribution >= 0.6 is 0 Å². The molecule has 0 heterocycles. The van der Waals surface area contributed by atoms with Crippen molar-refractivity contribution in [2.45, 2.75) is 39.2 Å². The quantitative estimate of drug-likeness (QED) is 0.250. The molecule has 0 saturated heterocycles. The van der Waals surface area contributed by atoms with Crippen LogP contribution in [0.3, 0.4) is 0 Å². The SMILES string of the molecule is CCCNC(CCCN=C(N)N)C(=O)NCC. The molecule has 6 N–H and O–H groups in total. The third kappa shape index (κ3) is 8.50. The number of guanidine groups is 1. The van der Waals surface area contributed by atoms with Gasteiger partial charge in [-0.25, -0.2) is 0 Å². The van der Waals surface area contributed by atoms with Gasteiger partial charge >= 0.3 is 0 Å². The van der Waals surface area contributed by atoms with E-state index < -0.39 is 0 Å². The van der Waals surface area contributed by atoms with Crippen molar-refractivity contribution >= 4 is 11.9 Å². The Morgan fingerprint density at radius 1 is 1.35 bits per heavy atom. The number of hydrogen-bond acceptors (Lipinski definition) is 3. The molecule has 100 valence electrons. The van der Waals surface area contributed by atoms with Gasteiger partial charge in [-0.1, -0.05) is 6.92 Å². The van der Waals surface area contributed by atoms with E-state index in [0.717, 1.165) is 25.8 Å². The van der Waals surface area contributed by atoms with E-state index >= 15 is 0 Å². The largest absolute Gasteiger partial charge is 0.370 e. The van der Waals surface area contributed by atoms with E-state index in [1.807, 2.05) is 6.92 Å². The third-order valence-electron chi connectivity index (χ3n) is 2.25. The highest BCUT2D eigenvalue weighted by molar-refractivity contribution is 5.81. The maximum atomic E-state index is 11.7. The lowest BCUT2D eigenvalue weighted by Gasteiger charge is -2.17. The number of amides is 1. The van der Waals surface area contributed by atoms with Crippen molar-refractivity contribution in [3.05, 3.63) is 0 Å². The van der Waals surface area contributed by atoms with Crippen LogP contribution in [0, 0.1) is 0 Å². The fraction of sp³-hybridized carbons (Fsp3) is 0.818. The lowest BCUT2D eigenvalue weighted by Crippen LogP contribution is -2.44. The van der Waals surface area contributed by atoms with Crippen LogP contribution < -0.4 is 22.1 Å². The number of nitrogens with two attached hydrogens (primary N) is 2. The zero-order valence-electron chi connectivity index (χ0n) is 10.8. The molecule has 0 rings (SSSR count). The van der Waals surface area contributed by atoms with E-state index in [9.17, 15) is 4.79 Å². The number of rotatable bonds is 9. The number of hydrogen-bond donors (Lipinski definition) is 4. The molecule has 6 heteroatoms. The summed E-state index contributed by atoms with van der Waals surface area (Å²) in [7, 11) is 0. The van der Waals surface area contributed by atoms with Gasteiger partial charge in [-0.05, 0) is 32.7 Å². The molecular formula is C11H25N5O. The molecule has 0 fully saturated rings. The van der Waals surface area contributed by atoms with Crippen LogP contribution in [-0.2, 0) is 4.79 Å². The summed E-state index contributed by atoms with van der Waals surface area (Å²) >= 11 is 0. The lowest BCUT2D eigenvalue weighted by molar-refractivity contribution is -0.123. The second kappa shape index (κ2) is 9.89. The Kier molecular flexibility index (Phi) is 9.14. The van der Waals surface area contributed by atoms with E-state index in [1.54, 1.807) is 0 Å². The maximum Gasteiger partial charge on any atom is 0.237 e. The smallest absolute Gasteiger partial charge is 0.237 e. The summed E-state index contributed by atoms with van der Waals surface area (Å²) in [6.07, 6.45) is 2.53. The van der Waals surface area contributed by atoms with Gasteiger partial charge in [0, 0.05) is 13.1 Å². The van der Waals surface area contributed by atoms with Crippen LogP contribution in [0.25, 0.3) is 0 Å². The third-order valence-corrected chi connectivity index (χ3v) is 2.25. The van der Waals surface area contributed by atoms with Crippen molar-refractivity contribution in [1.29, 1.82) is 0 Å². The Labute approximate surface area is 103 Å². The molecule has 1 amide bonds. The number of nitrogens with zero attached hydrogens (tertiary/aromatic N) is 1. The average Bonchev–Trinajstić information content (AvgIpc) is 2.28. The molecule has 0 aromatic heterocycles. The predicted molar refractivity (Wildman–Crippen MR) is 70.7 cm³/mol. The molecule has 0 saturated carbocycles. The summed E-state index contributed by atoms with van der Waals surface area (Å²) in [5, 5.41) is 6.04. The molecule has 0 aliphatic carbocycles. The summed E-state index contributed by atoms with van der Waals surface area (Å²) in [5.41, 5.74) is 10.5. The Balaban J connectivity index is 4.00. The highest BCUT2D eigenvalue weighted by atomic mass is 16.2. The molecule has 0 aromatic rings. The van der Waals surface area contributed by atoms with Crippen molar-refractivity contribution < 1.29 is 4.79 Å². The standard InChI is InChI=1S/C11H25N5O/c1-3-7-15-9(10(17)14-4-2)6-5-8-16-11(12)13/h9,15H,3-8H2,1-2H3,(H,14,17)(H4,12,13,16). The molecule has 17 heavy (non-hydrogen) atoms. The van der Waals surface area contributed by atoms with Gasteiger partial charge in [-0.15, -0.1) is 0 Å². The van der Waals surface area contributed by atoms with Crippen molar-refractivity contribution in [3.63, 3.8) is 0 Å². The van der Waals surface area contributed by atoms with Crippen LogP contribution in [0.4, 0.5) is 0 Å². The summed E-state index contributed by atoms with van der Waals surface area (Å²) in [6, 6.07) is -0.149. The molecule has 0 aliphatic rings. The average molecular weight is 243 g/mol. The maximum absolute atomic E-state index is 11.7. The zero-order valence-corrected chi connectivity index (χ0v) is 10.8. The molecule has 0 aromatic carbocycles. The van der Waals surface area contributed by atoms with Crippen LogP contribution in [0.5, 0.6) is 0 Å². The van der Waals surface area contributed by atoms with Crippen LogP contribution in [-0.4, -0.2) is 37.5 Å². The summed E-state index contributed by atoms with van der Waals surface area (Å²) in [4.78, 5) is 15.6. The first kappa shape index (κ1) is 15.7. The number of likely N-dealkylation sites (N-methyl/N-ethyl adjacent to an activating group) is 1. The van der Waals surface area contributed by atoms with Gasteiger partial charge in [0.2, 0.25) is 5.91 Å². The fourth-order valence-corrected chi connectivity index (χ4v) is 1.45. The molecule has 0 aliphatic heterocycles. The molecule has 1 unspecified atom stereocenters. The van der Waals surface area contributed by atoms with Gasteiger partial charge in [0.15, 0.2) is 5.96 Å². The van der Waals surface area contributed by atoms with Crippen LogP contribution in [0.1, 0.15) is 33.1 Å². The Morgan fingerprint density at radius 3 is 2.59 bits per heavy atom. The second-order valence-electron chi connectivity index (χ2n) is 3.85. The number of aliphatic imine (C=N–C) groups is 1. The second-order valence-corrected chi connectivity index (χ2v) is 3.85. The van der Waals surface area contributed by atoms with Gasteiger partial charge in [0.05, 0.1) is 6.04 Å². The summed E-state index contributed by atoms with van der Waals surface area (Å²) < 4.78 is 0. The molecule has 1 atom stereocenters. The van der Waals surface area contributed by atoms with Crippen molar-refractivity contribution in [2.75, 3.05) is 19.6 Å². The first-order valence-electron chi connectivity index (χ1n) is 6.18. The lowest BCUT2D eigenvalue weighted by atomic mass is 10.1. The minimum atomic E-state index is -0.149. The van der Waals surface area contributed by atoms with E-state index in [2.05, 4.69) is 22.5 Å². The van der Waals surface area contributed by atoms with Gasteiger partial charge in [0.25, 0.3) is 0 Å². The highest BCUT2D eigenvalue weighted by Crippen LogP contribution is 1.98. The normalized spacial score (nSPS) is 11.9. The molecule has 0 bridgehead atoms. The first-order valence-corrected chi connectivity index (χ1v) is 6.18.